The lowest BCUT2D eigenvalue weighted by Crippen LogP contribution is -2.43. The van der Waals surface area contributed by atoms with E-state index in [1.54, 1.807) is 0 Å². The molecule has 3 nitrogen and oxygen atoms in total. The predicted molar refractivity (Wildman–Crippen MR) is 89.6 cm³/mol. The van der Waals surface area contributed by atoms with Gasteiger partial charge in [0.1, 0.15) is 0 Å². The molecular weight excluding hydrogens is 363 g/mol. The molecule has 1 aromatic carbocycles. The molecule has 4 heteroatoms. The van der Waals surface area contributed by atoms with Crippen LogP contribution < -0.4 is 4.90 Å². The number of amides is 1. The minimum atomic E-state index is 0.166. The highest BCUT2D eigenvalue weighted by Crippen LogP contribution is 2.25. The van der Waals surface area contributed by atoms with E-state index in [1.807, 2.05) is 17.0 Å². The first-order chi connectivity index (χ1) is 9.75. The number of hydrogen-bond acceptors (Lipinski definition) is 2. The molecule has 106 valence electrons. The van der Waals surface area contributed by atoms with Gasteiger partial charge in [0.2, 0.25) is 0 Å². The molecule has 0 aliphatic carbocycles. The number of carbonyl (C=O) groups is 1. The highest BCUT2D eigenvalue weighted by Gasteiger charge is 2.27. The van der Waals surface area contributed by atoms with E-state index in [0.29, 0.717) is 0 Å². The molecule has 3 rings (SSSR count). The summed E-state index contributed by atoms with van der Waals surface area (Å²) in [6.07, 6.45) is 6.77. The number of rotatable bonds is 2. The number of likely N-dealkylation sites (tertiary alicyclic amines) is 1. The number of anilines is 1. The fourth-order valence-electron chi connectivity index (χ4n) is 2.92. The van der Waals surface area contributed by atoms with Crippen molar-refractivity contribution in [1.29, 1.82) is 0 Å². The molecule has 0 N–H and O–H groups in total. The maximum Gasteiger partial charge on any atom is 0.274 e. The second kappa shape index (κ2) is 6.16. The van der Waals surface area contributed by atoms with Gasteiger partial charge in [-0.1, -0.05) is 6.08 Å². The zero-order valence-corrected chi connectivity index (χ0v) is 13.7. The Kier molecular flexibility index (Phi) is 4.29. The average Bonchev–Trinajstić information content (AvgIpc) is 2.49. The monoisotopic (exact) mass is 382 g/mol. The second-order valence-corrected chi connectivity index (χ2v) is 6.60. The van der Waals surface area contributed by atoms with Crippen LogP contribution in [0.1, 0.15) is 25.7 Å². The minimum Gasteiger partial charge on any atom is -0.367 e. The number of hydrogen-bond donors (Lipinski definition) is 0. The summed E-state index contributed by atoms with van der Waals surface area (Å²) in [5.74, 6) is 0.166. The van der Waals surface area contributed by atoms with E-state index in [2.05, 4.69) is 45.7 Å². The summed E-state index contributed by atoms with van der Waals surface area (Å²) in [7, 11) is 0. The standard InChI is InChI=1S/C16H19IN2O/c17-13-6-8-14(9-7-13)19-12-4-5-15(16(19)20)18-10-2-1-3-11-18/h5-9H,1-4,10-12H2. The van der Waals surface area contributed by atoms with Crippen molar-refractivity contribution in [3.05, 3.63) is 39.6 Å². The Morgan fingerprint density at radius 3 is 2.35 bits per heavy atom. The van der Waals surface area contributed by atoms with Crippen LogP contribution in [-0.2, 0) is 4.79 Å². The quantitative estimate of drug-likeness (QED) is 0.733. The molecule has 1 saturated heterocycles. The molecule has 1 fully saturated rings. The Labute approximate surface area is 133 Å². The molecule has 2 aliphatic rings. The molecule has 0 bridgehead atoms. The summed E-state index contributed by atoms with van der Waals surface area (Å²) in [6, 6.07) is 8.20. The largest absolute Gasteiger partial charge is 0.367 e. The van der Waals surface area contributed by atoms with Crippen LogP contribution >= 0.6 is 22.6 Å². The van der Waals surface area contributed by atoms with Crippen molar-refractivity contribution in [3.8, 4) is 0 Å². The number of carbonyl (C=O) groups excluding carboxylic acids is 1. The van der Waals surface area contributed by atoms with Crippen LogP contribution in [0, 0.1) is 3.57 Å². The summed E-state index contributed by atoms with van der Waals surface area (Å²) < 4.78 is 1.20. The van der Waals surface area contributed by atoms with E-state index in [0.717, 1.165) is 37.4 Å². The normalized spacial score (nSPS) is 20.1. The van der Waals surface area contributed by atoms with Crippen LogP contribution in [-0.4, -0.2) is 30.4 Å². The van der Waals surface area contributed by atoms with Crippen molar-refractivity contribution in [1.82, 2.24) is 4.90 Å². The van der Waals surface area contributed by atoms with Gasteiger partial charge in [0.15, 0.2) is 0 Å². The molecule has 0 aromatic heterocycles. The maximum absolute atomic E-state index is 12.7. The van der Waals surface area contributed by atoms with E-state index >= 15 is 0 Å². The first-order valence-electron chi connectivity index (χ1n) is 7.28. The fourth-order valence-corrected chi connectivity index (χ4v) is 3.28. The average molecular weight is 382 g/mol. The molecule has 1 amide bonds. The third-order valence-corrected chi connectivity index (χ3v) is 4.71. The summed E-state index contributed by atoms with van der Waals surface area (Å²) >= 11 is 2.29. The fraction of sp³-hybridized carbons (Fsp3) is 0.438. The van der Waals surface area contributed by atoms with Gasteiger partial charge in [-0.2, -0.15) is 0 Å². The van der Waals surface area contributed by atoms with Gasteiger partial charge in [-0.25, -0.2) is 0 Å². The van der Waals surface area contributed by atoms with Crippen LogP contribution in [0.3, 0.4) is 0 Å². The molecule has 0 spiro atoms. The van der Waals surface area contributed by atoms with Gasteiger partial charge in [0, 0.05) is 28.9 Å². The van der Waals surface area contributed by atoms with E-state index < -0.39 is 0 Å². The Bertz CT molecular complexity index is 518. The first kappa shape index (κ1) is 13.9. The van der Waals surface area contributed by atoms with Crippen molar-refractivity contribution in [2.45, 2.75) is 25.7 Å². The number of benzene rings is 1. The van der Waals surface area contributed by atoms with E-state index in [4.69, 9.17) is 0 Å². The summed E-state index contributed by atoms with van der Waals surface area (Å²) in [5.41, 5.74) is 1.92. The number of piperidine rings is 1. The molecule has 2 heterocycles. The van der Waals surface area contributed by atoms with E-state index in [1.165, 1.54) is 22.8 Å². The maximum atomic E-state index is 12.7. The molecule has 0 radical (unpaired) electrons. The first-order valence-corrected chi connectivity index (χ1v) is 8.36. The molecule has 0 unspecified atom stereocenters. The zero-order valence-electron chi connectivity index (χ0n) is 11.5. The molecule has 0 atom stereocenters. The lowest BCUT2D eigenvalue weighted by molar-refractivity contribution is -0.117. The van der Waals surface area contributed by atoms with Crippen molar-refractivity contribution >= 4 is 34.2 Å². The van der Waals surface area contributed by atoms with Gasteiger partial charge in [0.25, 0.3) is 5.91 Å². The topological polar surface area (TPSA) is 23.6 Å². The van der Waals surface area contributed by atoms with Gasteiger partial charge in [-0.05, 0) is 72.5 Å². The highest BCUT2D eigenvalue weighted by atomic mass is 127. The van der Waals surface area contributed by atoms with Crippen molar-refractivity contribution < 1.29 is 4.79 Å². The molecule has 0 saturated carbocycles. The zero-order chi connectivity index (χ0) is 13.9. The minimum absolute atomic E-state index is 0.166. The van der Waals surface area contributed by atoms with Gasteiger partial charge in [0.05, 0.1) is 5.70 Å². The van der Waals surface area contributed by atoms with E-state index in [-0.39, 0.29) is 5.91 Å². The number of nitrogens with zero attached hydrogens (tertiary/aromatic N) is 2. The molecule has 20 heavy (non-hydrogen) atoms. The third-order valence-electron chi connectivity index (χ3n) is 3.99. The Balaban J connectivity index is 1.80. The summed E-state index contributed by atoms with van der Waals surface area (Å²) in [6.45, 7) is 2.84. The molecule has 2 aliphatic heterocycles. The van der Waals surface area contributed by atoms with Crippen LogP contribution in [0.2, 0.25) is 0 Å². The SMILES string of the molecule is O=C1C(N2CCCCC2)=CCCN1c1ccc(I)cc1. The van der Waals surface area contributed by atoms with Crippen molar-refractivity contribution in [2.24, 2.45) is 0 Å². The van der Waals surface area contributed by atoms with Gasteiger partial charge < -0.3 is 9.80 Å². The Morgan fingerprint density at radius 2 is 1.65 bits per heavy atom. The third kappa shape index (κ3) is 2.85. The van der Waals surface area contributed by atoms with Gasteiger partial charge >= 0.3 is 0 Å². The smallest absolute Gasteiger partial charge is 0.274 e. The van der Waals surface area contributed by atoms with Crippen molar-refractivity contribution in [3.63, 3.8) is 0 Å². The molecular formula is C16H19IN2O. The van der Waals surface area contributed by atoms with Crippen LogP contribution in [0.4, 0.5) is 5.69 Å². The Hall–Kier alpha value is -1.04. The van der Waals surface area contributed by atoms with E-state index in [9.17, 15) is 4.79 Å². The van der Waals surface area contributed by atoms with Crippen molar-refractivity contribution in [2.75, 3.05) is 24.5 Å². The Morgan fingerprint density at radius 1 is 0.950 bits per heavy atom. The van der Waals surface area contributed by atoms with Crippen LogP contribution in [0.15, 0.2) is 36.0 Å². The summed E-state index contributed by atoms with van der Waals surface area (Å²) in [5, 5.41) is 0. The lowest BCUT2D eigenvalue weighted by Gasteiger charge is -2.35. The lowest BCUT2D eigenvalue weighted by atomic mass is 10.1. The van der Waals surface area contributed by atoms with Crippen LogP contribution in [0.25, 0.3) is 0 Å². The number of halogens is 1. The van der Waals surface area contributed by atoms with Crippen LogP contribution in [0.5, 0.6) is 0 Å². The van der Waals surface area contributed by atoms with Gasteiger partial charge in [-0.3, -0.25) is 4.79 Å². The van der Waals surface area contributed by atoms with Gasteiger partial charge in [-0.15, -0.1) is 0 Å². The highest BCUT2D eigenvalue weighted by molar-refractivity contribution is 14.1. The second-order valence-electron chi connectivity index (χ2n) is 5.36. The predicted octanol–water partition coefficient (Wildman–Crippen LogP) is 3.40. The summed E-state index contributed by atoms with van der Waals surface area (Å²) in [4.78, 5) is 16.9. The molecule has 1 aromatic rings.